The molecule has 1 nitrogen and oxygen atoms in total. The molecule has 1 heterocycles. The van der Waals surface area contributed by atoms with Gasteiger partial charge in [-0.15, -0.1) is 0 Å². The lowest BCUT2D eigenvalue weighted by Gasteiger charge is -2.22. The van der Waals surface area contributed by atoms with Gasteiger partial charge in [0.1, 0.15) is 5.82 Å². The Labute approximate surface area is 89.0 Å². The molecule has 70 valence electrons. The first kappa shape index (κ1) is 9.49. The maximum absolute atomic E-state index is 13.0. The standard InChI is InChI=1S/C9H9BrFNS/c10-8-2-5(11)1-6-7(8)3-13-4-9(6)12/h1-2,9H,3-4,12H2. The van der Waals surface area contributed by atoms with Gasteiger partial charge in [-0.05, 0) is 23.3 Å². The fraction of sp³-hybridized carbons (Fsp3) is 0.333. The normalized spacial score (nSPS) is 21.3. The van der Waals surface area contributed by atoms with E-state index in [9.17, 15) is 4.39 Å². The molecular weight excluding hydrogens is 253 g/mol. The molecular formula is C9H9BrFNS. The Balaban J connectivity index is 2.56. The molecule has 0 saturated carbocycles. The quantitative estimate of drug-likeness (QED) is 0.778. The Kier molecular flexibility index (Phi) is 2.62. The number of hydrogen-bond donors (Lipinski definition) is 1. The van der Waals surface area contributed by atoms with Crippen molar-refractivity contribution >= 4 is 27.7 Å². The summed E-state index contributed by atoms with van der Waals surface area (Å²) in [6.45, 7) is 0. The molecule has 0 radical (unpaired) electrons. The third-order valence-electron chi connectivity index (χ3n) is 2.14. The molecule has 2 N–H and O–H groups in total. The molecule has 0 amide bonds. The molecule has 1 aliphatic heterocycles. The lowest BCUT2D eigenvalue weighted by atomic mass is 10.0. The summed E-state index contributed by atoms with van der Waals surface area (Å²) >= 11 is 5.14. The molecule has 1 atom stereocenters. The van der Waals surface area contributed by atoms with Gasteiger partial charge in [0.25, 0.3) is 0 Å². The maximum Gasteiger partial charge on any atom is 0.124 e. The van der Waals surface area contributed by atoms with Crippen LogP contribution < -0.4 is 5.73 Å². The second-order valence-electron chi connectivity index (χ2n) is 3.08. The molecule has 1 aromatic carbocycles. The van der Waals surface area contributed by atoms with Crippen molar-refractivity contribution < 1.29 is 4.39 Å². The molecule has 0 saturated heterocycles. The van der Waals surface area contributed by atoms with Crippen LogP contribution in [0.2, 0.25) is 0 Å². The summed E-state index contributed by atoms with van der Waals surface area (Å²) in [7, 11) is 0. The largest absolute Gasteiger partial charge is 0.323 e. The highest BCUT2D eigenvalue weighted by atomic mass is 79.9. The first-order valence-corrected chi connectivity index (χ1v) is 5.94. The fourth-order valence-electron chi connectivity index (χ4n) is 1.48. The Morgan fingerprint density at radius 2 is 2.31 bits per heavy atom. The summed E-state index contributed by atoms with van der Waals surface area (Å²) < 4.78 is 13.9. The van der Waals surface area contributed by atoms with Gasteiger partial charge in [-0.3, -0.25) is 0 Å². The summed E-state index contributed by atoms with van der Waals surface area (Å²) in [4.78, 5) is 0. The van der Waals surface area contributed by atoms with Crippen LogP contribution in [0.15, 0.2) is 16.6 Å². The van der Waals surface area contributed by atoms with Crippen molar-refractivity contribution in [3.05, 3.63) is 33.5 Å². The monoisotopic (exact) mass is 261 g/mol. The zero-order chi connectivity index (χ0) is 9.42. The highest BCUT2D eigenvalue weighted by molar-refractivity contribution is 9.10. The van der Waals surface area contributed by atoms with Gasteiger partial charge in [-0.1, -0.05) is 15.9 Å². The predicted octanol–water partition coefficient (Wildman–Crippen LogP) is 2.83. The van der Waals surface area contributed by atoms with E-state index in [0.29, 0.717) is 0 Å². The van der Waals surface area contributed by atoms with Crippen LogP contribution in [0.1, 0.15) is 17.2 Å². The van der Waals surface area contributed by atoms with Crippen molar-refractivity contribution in [1.29, 1.82) is 0 Å². The number of fused-ring (bicyclic) bond motifs is 1. The van der Waals surface area contributed by atoms with Crippen molar-refractivity contribution in [3.63, 3.8) is 0 Å². The molecule has 1 aromatic rings. The molecule has 2 rings (SSSR count). The lowest BCUT2D eigenvalue weighted by Crippen LogP contribution is -2.19. The number of benzene rings is 1. The van der Waals surface area contributed by atoms with Crippen LogP contribution in [0.5, 0.6) is 0 Å². The van der Waals surface area contributed by atoms with Gasteiger partial charge in [0, 0.05) is 22.0 Å². The van der Waals surface area contributed by atoms with E-state index in [-0.39, 0.29) is 11.9 Å². The molecule has 0 aromatic heterocycles. The number of halogens is 2. The minimum absolute atomic E-state index is 0.0271. The van der Waals surface area contributed by atoms with Gasteiger partial charge >= 0.3 is 0 Å². The summed E-state index contributed by atoms with van der Waals surface area (Å²) in [5.74, 6) is 1.58. The van der Waals surface area contributed by atoms with Gasteiger partial charge in [0.2, 0.25) is 0 Å². The second kappa shape index (κ2) is 3.59. The number of nitrogens with two attached hydrogens (primary N) is 1. The van der Waals surface area contributed by atoms with E-state index < -0.39 is 0 Å². The summed E-state index contributed by atoms with van der Waals surface area (Å²) in [5, 5.41) is 0. The molecule has 13 heavy (non-hydrogen) atoms. The van der Waals surface area contributed by atoms with Gasteiger partial charge in [-0.25, -0.2) is 4.39 Å². The molecule has 0 fully saturated rings. The third kappa shape index (κ3) is 1.75. The molecule has 0 bridgehead atoms. The number of thioether (sulfide) groups is 1. The van der Waals surface area contributed by atoms with Crippen molar-refractivity contribution in [1.82, 2.24) is 0 Å². The fourth-order valence-corrected chi connectivity index (χ4v) is 3.34. The van der Waals surface area contributed by atoms with Crippen LogP contribution in [0.4, 0.5) is 4.39 Å². The average Bonchev–Trinajstić information content (AvgIpc) is 2.07. The van der Waals surface area contributed by atoms with E-state index in [1.165, 1.54) is 6.07 Å². The second-order valence-corrected chi connectivity index (χ2v) is 4.96. The minimum Gasteiger partial charge on any atom is -0.323 e. The van der Waals surface area contributed by atoms with E-state index >= 15 is 0 Å². The molecule has 1 unspecified atom stereocenters. The van der Waals surface area contributed by atoms with E-state index in [2.05, 4.69) is 15.9 Å². The molecule has 0 aliphatic carbocycles. The van der Waals surface area contributed by atoms with Crippen molar-refractivity contribution in [2.45, 2.75) is 11.8 Å². The van der Waals surface area contributed by atoms with Crippen molar-refractivity contribution in [2.24, 2.45) is 5.73 Å². The van der Waals surface area contributed by atoms with Crippen LogP contribution in [0.3, 0.4) is 0 Å². The number of rotatable bonds is 0. The highest BCUT2D eigenvalue weighted by Gasteiger charge is 2.19. The van der Waals surface area contributed by atoms with Crippen molar-refractivity contribution in [2.75, 3.05) is 5.75 Å². The summed E-state index contributed by atoms with van der Waals surface area (Å²) in [6, 6.07) is 3.02. The molecule has 1 aliphatic rings. The Morgan fingerprint density at radius 1 is 1.54 bits per heavy atom. The zero-order valence-corrected chi connectivity index (χ0v) is 9.29. The first-order valence-electron chi connectivity index (χ1n) is 3.99. The minimum atomic E-state index is -0.215. The predicted molar refractivity (Wildman–Crippen MR) is 57.2 cm³/mol. The summed E-state index contributed by atoms with van der Waals surface area (Å²) in [6.07, 6.45) is 0. The van der Waals surface area contributed by atoms with E-state index in [1.54, 1.807) is 17.8 Å². The Bertz CT molecular complexity index is 343. The van der Waals surface area contributed by atoms with Gasteiger partial charge < -0.3 is 5.73 Å². The van der Waals surface area contributed by atoms with E-state index in [0.717, 1.165) is 27.1 Å². The smallest absolute Gasteiger partial charge is 0.124 e. The average molecular weight is 262 g/mol. The van der Waals surface area contributed by atoms with Crippen LogP contribution in [-0.2, 0) is 5.75 Å². The lowest BCUT2D eigenvalue weighted by molar-refractivity contribution is 0.619. The molecule has 0 spiro atoms. The SMILES string of the molecule is NC1CSCc2c(Br)cc(F)cc21. The highest BCUT2D eigenvalue weighted by Crippen LogP contribution is 2.35. The van der Waals surface area contributed by atoms with Gasteiger partial charge in [0.05, 0.1) is 0 Å². The summed E-state index contributed by atoms with van der Waals surface area (Å²) in [5.41, 5.74) is 7.97. The third-order valence-corrected chi connectivity index (χ3v) is 3.93. The van der Waals surface area contributed by atoms with E-state index in [1.807, 2.05) is 0 Å². The Morgan fingerprint density at radius 3 is 3.08 bits per heavy atom. The van der Waals surface area contributed by atoms with E-state index in [4.69, 9.17) is 5.73 Å². The maximum atomic E-state index is 13.0. The molecule has 4 heteroatoms. The van der Waals surface area contributed by atoms with Crippen LogP contribution in [0.25, 0.3) is 0 Å². The van der Waals surface area contributed by atoms with Crippen LogP contribution >= 0.6 is 27.7 Å². The van der Waals surface area contributed by atoms with Crippen molar-refractivity contribution in [3.8, 4) is 0 Å². The first-order chi connectivity index (χ1) is 6.18. The van der Waals surface area contributed by atoms with Gasteiger partial charge in [0.15, 0.2) is 0 Å². The number of hydrogen-bond acceptors (Lipinski definition) is 2. The topological polar surface area (TPSA) is 26.0 Å². The van der Waals surface area contributed by atoms with Crippen LogP contribution in [0, 0.1) is 5.82 Å². The van der Waals surface area contributed by atoms with Gasteiger partial charge in [-0.2, -0.15) is 11.8 Å². The Hall–Kier alpha value is -0.0600. The zero-order valence-electron chi connectivity index (χ0n) is 6.89. The van der Waals surface area contributed by atoms with Crippen LogP contribution in [-0.4, -0.2) is 5.75 Å².